The molecule has 0 aliphatic carbocycles. The van der Waals surface area contributed by atoms with E-state index in [2.05, 4.69) is 39.9 Å². The maximum Gasteiger partial charge on any atom is 0.127 e. The molecule has 0 fully saturated rings. The zero-order valence-corrected chi connectivity index (χ0v) is 15.5. The highest BCUT2D eigenvalue weighted by molar-refractivity contribution is 5.87. The lowest BCUT2D eigenvalue weighted by Crippen LogP contribution is -2.01. The Hall–Kier alpha value is -3.40. The molecular formula is C23H21N3O. The van der Waals surface area contributed by atoms with Crippen molar-refractivity contribution in [3.8, 4) is 5.75 Å². The molecule has 0 bridgehead atoms. The summed E-state index contributed by atoms with van der Waals surface area (Å²) in [5, 5.41) is 0. The van der Waals surface area contributed by atoms with Gasteiger partial charge in [0, 0.05) is 18.3 Å². The highest BCUT2D eigenvalue weighted by Gasteiger charge is 2.08. The number of imidazole rings is 1. The van der Waals surface area contributed by atoms with E-state index in [1.807, 2.05) is 55.6 Å². The molecule has 27 heavy (non-hydrogen) atoms. The fourth-order valence-corrected chi connectivity index (χ4v) is 3.20. The van der Waals surface area contributed by atoms with Gasteiger partial charge in [0.15, 0.2) is 0 Å². The summed E-state index contributed by atoms with van der Waals surface area (Å²) < 4.78 is 7.61. The van der Waals surface area contributed by atoms with E-state index in [4.69, 9.17) is 9.72 Å². The predicted molar refractivity (Wildman–Crippen MR) is 110 cm³/mol. The molecule has 0 atom stereocenters. The number of hydrogen-bond donors (Lipinski definition) is 0. The van der Waals surface area contributed by atoms with Gasteiger partial charge in [-0.25, -0.2) is 4.98 Å². The lowest BCUT2D eigenvalue weighted by molar-refractivity contribution is 0.414. The van der Waals surface area contributed by atoms with Crippen LogP contribution in [0.3, 0.4) is 0 Å². The Morgan fingerprint density at radius 1 is 1.00 bits per heavy atom. The minimum Gasteiger partial charge on any atom is -0.496 e. The number of hydrogen-bond acceptors (Lipinski definition) is 3. The van der Waals surface area contributed by atoms with Gasteiger partial charge in [-0.3, -0.25) is 4.99 Å². The summed E-state index contributed by atoms with van der Waals surface area (Å²) in [6, 6.07) is 24.4. The van der Waals surface area contributed by atoms with Gasteiger partial charge in [-0.1, -0.05) is 42.5 Å². The number of para-hydroxylation sites is 1. The van der Waals surface area contributed by atoms with Crippen LogP contribution in [0.15, 0.2) is 77.8 Å². The SMILES string of the molecule is COc1ccccc1C=Nc1ccc2c(c1)nc(C)n2Cc1ccccc1. The Labute approximate surface area is 158 Å². The molecule has 0 radical (unpaired) electrons. The third-order valence-corrected chi connectivity index (χ3v) is 4.60. The molecule has 4 heteroatoms. The van der Waals surface area contributed by atoms with Crippen LogP contribution in [0, 0.1) is 6.92 Å². The lowest BCUT2D eigenvalue weighted by Gasteiger charge is -2.07. The topological polar surface area (TPSA) is 39.4 Å². The first-order valence-electron chi connectivity index (χ1n) is 8.92. The molecular weight excluding hydrogens is 334 g/mol. The van der Waals surface area contributed by atoms with Crippen LogP contribution in [0.4, 0.5) is 5.69 Å². The van der Waals surface area contributed by atoms with Crippen molar-refractivity contribution in [3.63, 3.8) is 0 Å². The third kappa shape index (κ3) is 3.60. The number of aromatic nitrogens is 2. The number of fused-ring (bicyclic) bond motifs is 1. The van der Waals surface area contributed by atoms with Gasteiger partial charge in [-0.15, -0.1) is 0 Å². The minimum atomic E-state index is 0.810. The molecule has 4 rings (SSSR count). The lowest BCUT2D eigenvalue weighted by atomic mass is 10.2. The molecule has 0 aliphatic rings. The minimum absolute atomic E-state index is 0.810. The molecule has 134 valence electrons. The van der Waals surface area contributed by atoms with Crippen molar-refractivity contribution in [2.45, 2.75) is 13.5 Å². The molecule has 0 unspecified atom stereocenters. The molecule has 4 nitrogen and oxygen atoms in total. The highest BCUT2D eigenvalue weighted by Crippen LogP contribution is 2.24. The summed E-state index contributed by atoms with van der Waals surface area (Å²) in [4.78, 5) is 9.33. The van der Waals surface area contributed by atoms with E-state index >= 15 is 0 Å². The smallest absolute Gasteiger partial charge is 0.127 e. The van der Waals surface area contributed by atoms with E-state index in [0.29, 0.717) is 0 Å². The quantitative estimate of drug-likeness (QED) is 0.464. The Morgan fingerprint density at radius 3 is 2.59 bits per heavy atom. The molecule has 1 aromatic heterocycles. The van der Waals surface area contributed by atoms with Crippen LogP contribution in [-0.4, -0.2) is 22.9 Å². The Morgan fingerprint density at radius 2 is 1.78 bits per heavy atom. The molecule has 0 N–H and O–H groups in total. The van der Waals surface area contributed by atoms with Gasteiger partial charge >= 0.3 is 0 Å². The number of ether oxygens (including phenoxy) is 1. The van der Waals surface area contributed by atoms with Crippen molar-refractivity contribution in [2.24, 2.45) is 4.99 Å². The zero-order valence-electron chi connectivity index (χ0n) is 15.5. The normalized spacial score (nSPS) is 11.3. The van der Waals surface area contributed by atoms with Crippen LogP contribution in [-0.2, 0) is 6.54 Å². The van der Waals surface area contributed by atoms with E-state index < -0.39 is 0 Å². The summed E-state index contributed by atoms with van der Waals surface area (Å²) in [6.45, 7) is 2.85. The number of aryl methyl sites for hydroxylation is 1. The highest BCUT2D eigenvalue weighted by atomic mass is 16.5. The molecule has 3 aromatic carbocycles. The van der Waals surface area contributed by atoms with Gasteiger partial charge in [0.2, 0.25) is 0 Å². The Balaban J connectivity index is 1.64. The van der Waals surface area contributed by atoms with Gasteiger partial charge in [0.1, 0.15) is 11.6 Å². The average Bonchev–Trinajstić information content (AvgIpc) is 3.02. The largest absolute Gasteiger partial charge is 0.496 e. The van der Waals surface area contributed by atoms with Crippen LogP contribution in [0.5, 0.6) is 5.75 Å². The fraction of sp³-hybridized carbons (Fsp3) is 0.130. The van der Waals surface area contributed by atoms with Crippen LogP contribution < -0.4 is 4.74 Å². The van der Waals surface area contributed by atoms with E-state index in [-0.39, 0.29) is 0 Å². The van der Waals surface area contributed by atoms with Crippen molar-refractivity contribution in [1.29, 1.82) is 0 Å². The van der Waals surface area contributed by atoms with E-state index in [0.717, 1.165) is 40.4 Å². The summed E-state index contributed by atoms with van der Waals surface area (Å²) in [5.41, 5.74) is 5.16. The second-order valence-corrected chi connectivity index (χ2v) is 6.40. The number of aliphatic imine (C=N–C) groups is 1. The van der Waals surface area contributed by atoms with Crippen molar-refractivity contribution >= 4 is 22.9 Å². The Bertz CT molecular complexity index is 1100. The standard InChI is InChI=1S/C23H21N3O/c1-17-25-21-14-20(24-15-19-10-6-7-11-23(19)27-2)12-13-22(21)26(17)16-18-8-4-3-5-9-18/h3-15H,16H2,1-2H3. The second kappa shape index (κ2) is 7.46. The number of benzene rings is 3. The third-order valence-electron chi connectivity index (χ3n) is 4.60. The van der Waals surface area contributed by atoms with E-state index in [1.54, 1.807) is 7.11 Å². The number of nitrogens with zero attached hydrogens (tertiary/aromatic N) is 3. The summed E-state index contributed by atoms with van der Waals surface area (Å²) >= 11 is 0. The molecule has 4 aromatic rings. The second-order valence-electron chi connectivity index (χ2n) is 6.40. The van der Waals surface area contributed by atoms with E-state index in [1.165, 1.54) is 5.56 Å². The summed E-state index contributed by atoms with van der Waals surface area (Å²) in [7, 11) is 1.67. The average molecular weight is 355 g/mol. The zero-order chi connectivity index (χ0) is 18.6. The van der Waals surface area contributed by atoms with Crippen molar-refractivity contribution in [1.82, 2.24) is 9.55 Å². The molecule has 0 saturated heterocycles. The van der Waals surface area contributed by atoms with Gasteiger partial charge in [0.25, 0.3) is 0 Å². The number of methoxy groups -OCH3 is 1. The fourth-order valence-electron chi connectivity index (χ4n) is 3.20. The van der Waals surface area contributed by atoms with Crippen LogP contribution in [0.1, 0.15) is 17.0 Å². The van der Waals surface area contributed by atoms with Gasteiger partial charge in [-0.2, -0.15) is 0 Å². The van der Waals surface area contributed by atoms with Gasteiger partial charge < -0.3 is 9.30 Å². The first-order chi connectivity index (χ1) is 13.2. The van der Waals surface area contributed by atoms with Crippen molar-refractivity contribution in [2.75, 3.05) is 7.11 Å². The molecule has 0 spiro atoms. The maximum absolute atomic E-state index is 5.37. The van der Waals surface area contributed by atoms with Gasteiger partial charge in [-0.05, 0) is 42.8 Å². The van der Waals surface area contributed by atoms with E-state index in [9.17, 15) is 0 Å². The Kier molecular flexibility index (Phi) is 4.71. The molecule has 0 aliphatic heterocycles. The molecule has 0 saturated carbocycles. The van der Waals surface area contributed by atoms with Crippen molar-refractivity contribution in [3.05, 3.63) is 89.7 Å². The molecule has 0 amide bonds. The van der Waals surface area contributed by atoms with Crippen LogP contribution in [0.25, 0.3) is 11.0 Å². The van der Waals surface area contributed by atoms with Crippen molar-refractivity contribution < 1.29 is 4.74 Å². The maximum atomic E-state index is 5.37. The first-order valence-corrected chi connectivity index (χ1v) is 8.92. The summed E-state index contributed by atoms with van der Waals surface area (Å²) in [6.07, 6.45) is 1.83. The predicted octanol–water partition coefficient (Wildman–Crippen LogP) is 5.15. The first kappa shape index (κ1) is 17.0. The number of rotatable bonds is 5. The van der Waals surface area contributed by atoms with Gasteiger partial charge in [0.05, 0.1) is 23.8 Å². The summed E-state index contributed by atoms with van der Waals surface area (Å²) in [5.74, 6) is 1.81. The van der Waals surface area contributed by atoms with Crippen LogP contribution in [0.2, 0.25) is 0 Å². The van der Waals surface area contributed by atoms with Crippen LogP contribution >= 0.6 is 0 Å². The monoisotopic (exact) mass is 355 g/mol. The molecule has 1 heterocycles.